The summed E-state index contributed by atoms with van der Waals surface area (Å²) in [5.74, 6) is 2.27. The lowest BCUT2D eigenvalue weighted by atomic mass is 9.48. The van der Waals surface area contributed by atoms with E-state index in [1.165, 1.54) is 38.5 Å². The van der Waals surface area contributed by atoms with Crippen LogP contribution in [0.4, 0.5) is 5.69 Å². The maximum atomic E-state index is 13.5. The van der Waals surface area contributed by atoms with Gasteiger partial charge in [-0.3, -0.25) is 9.59 Å². The minimum atomic E-state index is -0.898. The Balaban J connectivity index is 1.27. The van der Waals surface area contributed by atoms with Crippen molar-refractivity contribution in [2.75, 3.05) is 5.32 Å². The molecule has 6 heteroatoms. The number of carboxylic acid groups (broad SMARTS) is 1. The average Bonchev–Trinajstić information content (AvgIpc) is 3.26. The Kier molecular flexibility index (Phi) is 6.13. The molecular formula is C31H35N3O3. The van der Waals surface area contributed by atoms with Crippen LogP contribution in [0, 0.1) is 30.1 Å². The molecule has 37 heavy (non-hydrogen) atoms. The first-order chi connectivity index (χ1) is 17.9. The van der Waals surface area contributed by atoms with Crippen LogP contribution in [0.3, 0.4) is 0 Å². The number of aryl methyl sites for hydroxylation is 2. The first-order valence-electron chi connectivity index (χ1n) is 13.6. The zero-order valence-electron chi connectivity index (χ0n) is 21.4. The summed E-state index contributed by atoms with van der Waals surface area (Å²) < 4.78 is 0. The van der Waals surface area contributed by atoms with Crippen LogP contribution in [0.25, 0.3) is 11.4 Å². The Labute approximate surface area is 217 Å². The van der Waals surface area contributed by atoms with Gasteiger partial charge in [-0.25, -0.2) is 4.98 Å². The molecule has 1 aromatic heterocycles. The first-order valence-corrected chi connectivity index (χ1v) is 13.6. The van der Waals surface area contributed by atoms with Gasteiger partial charge in [-0.2, -0.15) is 0 Å². The van der Waals surface area contributed by atoms with Gasteiger partial charge in [0.2, 0.25) is 0 Å². The van der Waals surface area contributed by atoms with E-state index in [4.69, 9.17) is 10.1 Å². The molecule has 0 unspecified atom stereocenters. The highest BCUT2D eigenvalue weighted by Gasteiger charge is 2.50. The van der Waals surface area contributed by atoms with Crippen molar-refractivity contribution in [2.45, 2.75) is 64.7 Å². The van der Waals surface area contributed by atoms with Gasteiger partial charge in [0.05, 0.1) is 6.42 Å². The number of carboxylic acids is 1. The van der Waals surface area contributed by atoms with Gasteiger partial charge in [-0.05, 0) is 105 Å². The first kappa shape index (κ1) is 24.0. The molecule has 1 heterocycles. The third-order valence-corrected chi connectivity index (χ3v) is 9.00. The second-order valence-electron chi connectivity index (χ2n) is 11.9. The molecule has 192 valence electrons. The molecule has 4 bridgehead atoms. The van der Waals surface area contributed by atoms with Crippen molar-refractivity contribution in [3.63, 3.8) is 0 Å². The summed E-state index contributed by atoms with van der Waals surface area (Å²) in [5, 5.41) is 12.1. The number of anilines is 1. The summed E-state index contributed by atoms with van der Waals surface area (Å²) in [7, 11) is 0. The molecule has 3 N–H and O–H groups in total. The number of hydrogen-bond donors (Lipinski definition) is 3. The Morgan fingerprint density at radius 2 is 1.73 bits per heavy atom. The molecule has 0 saturated heterocycles. The number of aromatic amines is 1. The Hall–Kier alpha value is -3.41. The fourth-order valence-electron chi connectivity index (χ4n) is 7.85. The lowest BCUT2D eigenvalue weighted by Gasteiger charge is -2.57. The number of benzene rings is 2. The summed E-state index contributed by atoms with van der Waals surface area (Å²) in [6, 6.07) is 15.1. The third kappa shape index (κ3) is 4.94. The van der Waals surface area contributed by atoms with Crippen LogP contribution in [0.1, 0.15) is 72.3 Å². The fourth-order valence-corrected chi connectivity index (χ4v) is 7.85. The number of rotatable bonds is 8. The molecule has 4 fully saturated rings. The van der Waals surface area contributed by atoms with Gasteiger partial charge in [0, 0.05) is 16.9 Å². The van der Waals surface area contributed by atoms with Crippen molar-refractivity contribution in [3.05, 3.63) is 71.0 Å². The minimum absolute atomic E-state index is 0.0835. The number of carbonyl (C=O) groups is 2. The SMILES string of the molecule is Cc1ccccc1-c1nc(C(=O)Nc2cccc(CC(=O)O)c2)c(CCC23CC4CC(CC(C4)C2)C3)[nH]1. The second-order valence-corrected chi connectivity index (χ2v) is 11.9. The number of carbonyl (C=O) groups excluding carboxylic acids is 1. The molecule has 3 aromatic rings. The van der Waals surface area contributed by atoms with Crippen molar-refractivity contribution in [3.8, 4) is 11.4 Å². The Bertz CT molecular complexity index is 1310. The highest BCUT2D eigenvalue weighted by Crippen LogP contribution is 2.61. The lowest BCUT2D eigenvalue weighted by Crippen LogP contribution is -2.46. The quantitative estimate of drug-likeness (QED) is 0.335. The normalized spacial score (nSPS) is 25.8. The van der Waals surface area contributed by atoms with E-state index in [0.717, 1.165) is 53.2 Å². The van der Waals surface area contributed by atoms with Crippen LogP contribution < -0.4 is 5.32 Å². The Morgan fingerprint density at radius 1 is 1.03 bits per heavy atom. The van der Waals surface area contributed by atoms with Gasteiger partial charge in [0.1, 0.15) is 11.5 Å². The maximum absolute atomic E-state index is 13.5. The van der Waals surface area contributed by atoms with Crippen molar-refractivity contribution in [1.82, 2.24) is 9.97 Å². The minimum Gasteiger partial charge on any atom is -0.481 e. The number of imidazole rings is 1. The van der Waals surface area contributed by atoms with E-state index in [0.29, 0.717) is 22.4 Å². The summed E-state index contributed by atoms with van der Waals surface area (Å²) in [4.78, 5) is 33.0. The van der Waals surface area contributed by atoms with Crippen LogP contribution in [0.2, 0.25) is 0 Å². The second kappa shape index (κ2) is 9.47. The largest absolute Gasteiger partial charge is 0.481 e. The van der Waals surface area contributed by atoms with Crippen LogP contribution in [-0.4, -0.2) is 27.0 Å². The summed E-state index contributed by atoms with van der Waals surface area (Å²) >= 11 is 0. The van der Waals surface area contributed by atoms with Crippen molar-refractivity contribution in [1.29, 1.82) is 0 Å². The molecule has 2 aromatic carbocycles. The van der Waals surface area contributed by atoms with Gasteiger partial charge < -0.3 is 15.4 Å². The van der Waals surface area contributed by atoms with Crippen LogP contribution >= 0.6 is 0 Å². The van der Waals surface area contributed by atoms with E-state index in [1.54, 1.807) is 24.3 Å². The maximum Gasteiger partial charge on any atom is 0.307 e. The number of hydrogen-bond acceptors (Lipinski definition) is 3. The van der Waals surface area contributed by atoms with Crippen LogP contribution in [0.15, 0.2) is 48.5 Å². The van der Waals surface area contributed by atoms with Gasteiger partial charge in [-0.1, -0.05) is 36.4 Å². The highest BCUT2D eigenvalue weighted by molar-refractivity contribution is 6.04. The standard InChI is InChI=1S/C31H35N3O3/c1-19-5-2-3-8-25(19)29-33-26(9-10-31-16-21-11-22(17-31)13-23(12-21)18-31)28(34-29)30(37)32-24-7-4-6-20(14-24)15-27(35)36/h2-8,14,21-23H,9-13,15-18H2,1H3,(H,32,37)(H,33,34)(H,35,36). The van der Waals surface area contributed by atoms with Gasteiger partial charge in [-0.15, -0.1) is 0 Å². The average molecular weight is 498 g/mol. The number of amides is 1. The monoisotopic (exact) mass is 497 g/mol. The van der Waals surface area contributed by atoms with Crippen LogP contribution in [0.5, 0.6) is 0 Å². The zero-order valence-corrected chi connectivity index (χ0v) is 21.4. The summed E-state index contributed by atoms with van der Waals surface area (Å²) in [6.45, 7) is 2.06. The van der Waals surface area contributed by atoms with Gasteiger partial charge >= 0.3 is 5.97 Å². The predicted molar refractivity (Wildman–Crippen MR) is 143 cm³/mol. The Morgan fingerprint density at radius 3 is 2.41 bits per heavy atom. The number of nitrogens with zero attached hydrogens (tertiary/aromatic N) is 1. The number of aromatic nitrogens is 2. The number of nitrogens with one attached hydrogen (secondary N) is 2. The lowest BCUT2D eigenvalue weighted by molar-refractivity contribution is -0.136. The highest BCUT2D eigenvalue weighted by atomic mass is 16.4. The summed E-state index contributed by atoms with van der Waals surface area (Å²) in [6.07, 6.45) is 10.1. The van der Waals surface area contributed by atoms with E-state index in [1.807, 2.05) is 18.2 Å². The number of H-pyrrole nitrogens is 1. The molecule has 0 aliphatic heterocycles. The van der Waals surface area contributed by atoms with E-state index < -0.39 is 5.97 Å². The molecule has 4 saturated carbocycles. The molecule has 0 spiro atoms. The van der Waals surface area contributed by atoms with E-state index in [2.05, 4.69) is 23.3 Å². The molecule has 4 aliphatic rings. The molecule has 6 nitrogen and oxygen atoms in total. The van der Waals surface area contributed by atoms with Gasteiger partial charge in [0.25, 0.3) is 5.91 Å². The predicted octanol–water partition coefficient (Wildman–Crippen LogP) is 6.41. The molecule has 7 rings (SSSR count). The van der Waals surface area contributed by atoms with E-state index in [9.17, 15) is 9.59 Å². The topological polar surface area (TPSA) is 95.1 Å². The molecule has 0 radical (unpaired) electrons. The van der Waals surface area contributed by atoms with Crippen molar-refractivity contribution in [2.24, 2.45) is 23.2 Å². The smallest absolute Gasteiger partial charge is 0.307 e. The van der Waals surface area contributed by atoms with Crippen LogP contribution in [-0.2, 0) is 17.6 Å². The molecule has 4 aliphatic carbocycles. The summed E-state index contributed by atoms with van der Waals surface area (Å²) in [5.41, 5.74) is 5.09. The van der Waals surface area contributed by atoms with Crippen molar-refractivity contribution < 1.29 is 14.7 Å². The molecule has 1 amide bonds. The molecule has 0 atom stereocenters. The van der Waals surface area contributed by atoms with Crippen molar-refractivity contribution >= 4 is 17.6 Å². The fraction of sp³-hybridized carbons (Fsp3) is 0.452. The third-order valence-electron chi connectivity index (χ3n) is 9.00. The molecular weight excluding hydrogens is 462 g/mol. The van der Waals surface area contributed by atoms with E-state index >= 15 is 0 Å². The zero-order chi connectivity index (χ0) is 25.6. The number of aliphatic carboxylic acids is 1. The van der Waals surface area contributed by atoms with E-state index in [-0.39, 0.29) is 12.3 Å². The van der Waals surface area contributed by atoms with Gasteiger partial charge in [0.15, 0.2) is 0 Å².